The minimum atomic E-state index is -1.10. The van der Waals surface area contributed by atoms with Gasteiger partial charge in [0.25, 0.3) is 0 Å². The van der Waals surface area contributed by atoms with Gasteiger partial charge >= 0.3 is 30.0 Å². The fourth-order valence-electron chi connectivity index (χ4n) is 6.92. The SMILES string of the molecule is C=CC(=O)O[C@@H]1CC(OC(=O)CCSCC(=O)N[C@H](C(=O)N[C@@H](CCCNC(N)=O)C(=O)Nc2ccc(COC(=O)N(C)[C@H](C(=O)N[C@H](C)C(C)C)C(C)C)cc2)C(C)C)C[C@H](OC(=O)C=C)C1. The largest absolute Gasteiger partial charge is 0.462 e. The maximum absolute atomic E-state index is 13.6. The number of rotatable bonds is 27. The normalized spacial score (nSPS) is 17.2. The molecule has 7 amide bonds. The van der Waals surface area contributed by atoms with Crippen LogP contribution in [0, 0.1) is 17.8 Å². The Kier molecular flexibility index (Phi) is 25.2. The maximum atomic E-state index is 13.6. The third-order valence-corrected chi connectivity index (χ3v) is 11.8. The fourth-order valence-corrected chi connectivity index (χ4v) is 7.65. The molecule has 20 nitrogen and oxygen atoms in total. The molecule has 0 aliphatic heterocycles. The van der Waals surface area contributed by atoms with E-state index in [-0.39, 0.29) is 87.0 Å². The maximum Gasteiger partial charge on any atom is 0.410 e. The van der Waals surface area contributed by atoms with Gasteiger partial charge in [-0.2, -0.15) is 11.8 Å². The van der Waals surface area contributed by atoms with Gasteiger partial charge in [0.05, 0.1) is 12.2 Å². The molecular weight excluding hydrogens is 903 g/mol. The first kappa shape index (κ1) is 58.0. The minimum Gasteiger partial charge on any atom is -0.462 e. The smallest absolute Gasteiger partial charge is 0.410 e. The molecule has 1 aromatic rings. The molecule has 0 aromatic heterocycles. The van der Waals surface area contributed by atoms with Crippen molar-refractivity contribution in [3.63, 3.8) is 0 Å². The molecule has 0 spiro atoms. The van der Waals surface area contributed by atoms with Crippen LogP contribution in [0.3, 0.4) is 0 Å². The van der Waals surface area contributed by atoms with Crippen molar-refractivity contribution in [3.05, 3.63) is 55.1 Å². The molecule has 0 bridgehead atoms. The van der Waals surface area contributed by atoms with Crippen LogP contribution in [0.15, 0.2) is 49.6 Å². The van der Waals surface area contributed by atoms with Crippen LogP contribution in [-0.2, 0) is 59.1 Å². The number of benzene rings is 1. The Labute approximate surface area is 403 Å². The van der Waals surface area contributed by atoms with Crippen molar-refractivity contribution in [3.8, 4) is 0 Å². The van der Waals surface area contributed by atoms with Gasteiger partial charge in [-0.1, -0.05) is 66.8 Å². The lowest BCUT2D eigenvalue weighted by atomic mass is 9.92. The zero-order valence-corrected chi connectivity index (χ0v) is 41.3. The number of carbonyl (C=O) groups excluding carboxylic acids is 9. The number of carbonyl (C=O) groups is 9. The second kappa shape index (κ2) is 29.6. The second-order valence-electron chi connectivity index (χ2n) is 17.5. The summed E-state index contributed by atoms with van der Waals surface area (Å²) < 4.78 is 21.7. The Morgan fingerprint density at radius 2 is 1.34 bits per heavy atom. The first-order valence-electron chi connectivity index (χ1n) is 22.7. The number of esters is 3. The number of nitrogens with one attached hydrogen (secondary N) is 5. The van der Waals surface area contributed by atoms with E-state index in [0.717, 1.165) is 23.9 Å². The Morgan fingerprint density at radius 3 is 1.85 bits per heavy atom. The highest BCUT2D eigenvalue weighted by molar-refractivity contribution is 7.99. The number of ether oxygens (including phenoxy) is 4. The lowest BCUT2D eigenvalue weighted by Gasteiger charge is -2.33. The number of anilines is 1. The second-order valence-corrected chi connectivity index (χ2v) is 18.6. The Balaban J connectivity index is 1.99. The Bertz CT molecular complexity index is 1880. The topological polar surface area (TPSA) is 280 Å². The minimum absolute atomic E-state index is 0.0652. The van der Waals surface area contributed by atoms with E-state index < -0.39 is 90.1 Å². The number of nitrogens with two attached hydrogens (primary N) is 1. The number of hydrogen-bond acceptors (Lipinski definition) is 14. The van der Waals surface area contributed by atoms with Gasteiger partial charge in [-0.3, -0.25) is 28.9 Å². The number of thioether (sulfide) groups is 1. The molecule has 1 fully saturated rings. The van der Waals surface area contributed by atoms with Crippen molar-refractivity contribution < 1.29 is 62.1 Å². The highest BCUT2D eigenvalue weighted by Crippen LogP contribution is 2.27. The van der Waals surface area contributed by atoms with E-state index in [2.05, 4.69) is 39.7 Å². The Morgan fingerprint density at radius 1 is 0.765 bits per heavy atom. The lowest BCUT2D eigenvalue weighted by Crippen LogP contribution is -2.54. The third-order valence-electron chi connectivity index (χ3n) is 10.9. The van der Waals surface area contributed by atoms with Crippen LogP contribution in [0.25, 0.3) is 0 Å². The van der Waals surface area contributed by atoms with E-state index in [0.29, 0.717) is 11.3 Å². The Hall–Kier alpha value is -6.12. The van der Waals surface area contributed by atoms with E-state index in [9.17, 15) is 43.2 Å². The molecule has 378 valence electrons. The summed E-state index contributed by atoms with van der Waals surface area (Å²) in [6, 6.07) is 2.76. The average molecular weight is 974 g/mol. The summed E-state index contributed by atoms with van der Waals surface area (Å²) in [5.41, 5.74) is 6.17. The number of amides is 7. The summed E-state index contributed by atoms with van der Waals surface area (Å²) in [6.45, 7) is 19.8. The predicted molar refractivity (Wildman–Crippen MR) is 255 cm³/mol. The first-order chi connectivity index (χ1) is 32.0. The molecule has 0 heterocycles. The van der Waals surface area contributed by atoms with Crippen molar-refractivity contribution in [1.82, 2.24) is 26.2 Å². The summed E-state index contributed by atoms with van der Waals surface area (Å²) >= 11 is 1.13. The molecule has 1 aliphatic rings. The van der Waals surface area contributed by atoms with Crippen molar-refractivity contribution in [2.75, 3.05) is 30.4 Å². The molecule has 0 saturated heterocycles. The van der Waals surface area contributed by atoms with Crippen molar-refractivity contribution >= 4 is 71.1 Å². The van der Waals surface area contributed by atoms with Gasteiger partial charge < -0.3 is 51.3 Å². The fraction of sp³-hybridized carbons (Fsp3) is 0.596. The van der Waals surface area contributed by atoms with Crippen LogP contribution in [0.4, 0.5) is 15.3 Å². The van der Waals surface area contributed by atoms with Crippen LogP contribution < -0.4 is 32.3 Å². The number of hydrogen-bond donors (Lipinski definition) is 6. The molecule has 21 heteroatoms. The van der Waals surface area contributed by atoms with Gasteiger partial charge in [0.15, 0.2) is 0 Å². The van der Waals surface area contributed by atoms with Crippen LogP contribution in [-0.4, -0.2) is 126 Å². The van der Waals surface area contributed by atoms with Gasteiger partial charge in [0.1, 0.15) is 43.0 Å². The van der Waals surface area contributed by atoms with Gasteiger partial charge in [-0.05, 0) is 55.2 Å². The molecule has 1 aliphatic carbocycles. The standard InChI is InChI=1S/C47H71N7O13S/c1-11-38(56)65-33-22-34(66-39(57)12-2)24-35(23-33)67-40(58)19-21-68-26-37(55)53-41(28(5)6)44(60)52-36(14-13-20-49-46(48)62)43(59)51-32-17-15-31(16-18-32)25-64-47(63)54(10)42(29(7)8)45(61)50-30(9)27(3)4/h11-12,15-18,27-30,33-36,41-42H,1-2,13-14,19-26H2,3-10H3,(H,50,61)(H,51,59)(H,52,60)(H,53,55)(H3,48,49,62)/t30-,33-,34+,35?,36+,41+,42+/m1/s1. The van der Waals surface area contributed by atoms with Gasteiger partial charge in [0, 0.05) is 62.5 Å². The van der Waals surface area contributed by atoms with Crippen LogP contribution in [0.1, 0.15) is 92.6 Å². The first-order valence-corrected chi connectivity index (χ1v) is 23.9. The molecule has 7 N–H and O–H groups in total. The predicted octanol–water partition coefficient (Wildman–Crippen LogP) is 3.87. The summed E-state index contributed by atoms with van der Waals surface area (Å²) in [7, 11) is 1.51. The molecule has 1 aromatic carbocycles. The van der Waals surface area contributed by atoms with E-state index in [1.165, 1.54) is 11.9 Å². The molecule has 68 heavy (non-hydrogen) atoms. The number of likely N-dealkylation sites (N-methyl/N-ethyl adjacent to an activating group) is 1. The van der Waals surface area contributed by atoms with Crippen LogP contribution >= 0.6 is 11.8 Å². The zero-order valence-electron chi connectivity index (χ0n) is 40.5. The number of nitrogens with zero attached hydrogens (tertiary/aromatic N) is 1. The van der Waals surface area contributed by atoms with Gasteiger partial charge in [-0.15, -0.1) is 0 Å². The molecule has 0 radical (unpaired) electrons. The van der Waals surface area contributed by atoms with Crippen LogP contribution in [0.2, 0.25) is 0 Å². The number of urea groups is 1. The number of primary amides is 1. The summed E-state index contributed by atoms with van der Waals surface area (Å²) in [5, 5.41) is 13.6. The van der Waals surface area contributed by atoms with Crippen molar-refractivity contribution in [2.45, 2.75) is 136 Å². The molecular formula is C47H71N7O13S. The third kappa shape index (κ3) is 21.2. The summed E-state index contributed by atoms with van der Waals surface area (Å²) in [4.78, 5) is 115. The van der Waals surface area contributed by atoms with E-state index >= 15 is 0 Å². The summed E-state index contributed by atoms with van der Waals surface area (Å²) in [5.74, 6) is -4.15. The average Bonchev–Trinajstić information content (AvgIpc) is 3.26. The van der Waals surface area contributed by atoms with E-state index in [4.69, 9.17) is 24.7 Å². The van der Waals surface area contributed by atoms with Gasteiger partial charge in [-0.25, -0.2) is 19.2 Å². The monoisotopic (exact) mass is 973 g/mol. The molecule has 1 unspecified atom stereocenters. The van der Waals surface area contributed by atoms with Gasteiger partial charge in [0.2, 0.25) is 23.6 Å². The zero-order chi connectivity index (χ0) is 51.1. The van der Waals surface area contributed by atoms with E-state index in [1.54, 1.807) is 38.1 Å². The summed E-state index contributed by atoms with van der Waals surface area (Å²) in [6.07, 6.45) is 0.182. The molecule has 1 saturated carbocycles. The molecule has 7 atom stereocenters. The van der Waals surface area contributed by atoms with Crippen molar-refractivity contribution in [1.29, 1.82) is 0 Å². The van der Waals surface area contributed by atoms with Crippen molar-refractivity contribution in [2.24, 2.45) is 23.5 Å². The lowest BCUT2D eigenvalue weighted by molar-refractivity contribution is -0.165. The quantitative estimate of drug-likeness (QED) is 0.0316. The van der Waals surface area contributed by atoms with Crippen LogP contribution in [0.5, 0.6) is 0 Å². The molecule has 2 rings (SSSR count). The highest BCUT2D eigenvalue weighted by atomic mass is 32.2. The van der Waals surface area contributed by atoms with E-state index in [1.807, 2.05) is 34.6 Å². The highest BCUT2D eigenvalue weighted by Gasteiger charge is 2.36.